The fraction of sp³-hybridized carbons (Fsp3) is 0.438. The SMILES string of the molecule is CCOC(=O)[C@H]1CCCN(C(=O)c2cccc(C#N)c2)C1. The van der Waals surface area contributed by atoms with Crippen molar-refractivity contribution >= 4 is 11.9 Å². The lowest BCUT2D eigenvalue weighted by Crippen LogP contribution is -2.42. The number of carbonyl (C=O) groups is 2. The third kappa shape index (κ3) is 3.60. The summed E-state index contributed by atoms with van der Waals surface area (Å²) in [6, 6.07) is 8.65. The number of hydrogen-bond donors (Lipinski definition) is 0. The summed E-state index contributed by atoms with van der Waals surface area (Å²) in [5.41, 5.74) is 0.943. The van der Waals surface area contributed by atoms with E-state index < -0.39 is 0 Å². The molecule has 1 aromatic rings. The molecule has 21 heavy (non-hydrogen) atoms. The van der Waals surface area contributed by atoms with Crippen LogP contribution < -0.4 is 0 Å². The Bertz CT molecular complexity index is 577. The Hall–Kier alpha value is -2.35. The van der Waals surface area contributed by atoms with Crippen molar-refractivity contribution < 1.29 is 14.3 Å². The first kappa shape index (κ1) is 15.0. The molecule has 0 saturated carbocycles. The number of amides is 1. The number of piperidine rings is 1. The van der Waals surface area contributed by atoms with Crippen LogP contribution in [0.4, 0.5) is 0 Å². The van der Waals surface area contributed by atoms with E-state index in [0.717, 1.165) is 12.8 Å². The van der Waals surface area contributed by atoms with E-state index in [1.165, 1.54) is 0 Å². The number of carbonyl (C=O) groups excluding carboxylic acids is 2. The summed E-state index contributed by atoms with van der Waals surface area (Å²) in [7, 11) is 0. The average Bonchev–Trinajstić information content (AvgIpc) is 2.54. The van der Waals surface area contributed by atoms with Crippen LogP contribution in [0.3, 0.4) is 0 Å². The maximum absolute atomic E-state index is 12.5. The minimum atomic E-state index is -0.248. The Labute approximate surface area is 124 Å². The van der Waals surface area contributed by atoms with Crippen LogP contribution in [-0.2, 0) is 9.53 Å². The molecular formula is C16H18N2O3. The van der Waals surface area contributed by atoms with E-state index in [-0.39, 0.29) is 17.8 Å². The Kier molecular flexibility index (Phi) is 4.94. The Morgan fingerprint density at radius 3 is 3.00 bits per heavy atom. The normalized spacial score (nSPS) is 17.9. The summed E-state index contributed by atoms with van der Waals surface area (Å²) >= 11 is 0. The van der Waals surface area contributed by atoms with Crippen molar-refractivity contribution in [3.05, 3.63) is 35.4 Å². The standard InChI is InChI=1S/C16H18N2O3/c1-2-21-16(20)14-7-4-8-18(11-14)15(19)13-6-3-5-12(9-13)10-17/h3,5-6,9,14H,2,4,7-8,11H2,1H3/t14-/m0/s1. The molecule has 1 aliphatic heterocycles. The molecule has 1 aliphatic rings. The molecule has 5 heteroatoms. The second-order valence-electron chi connectivity index (χ2n) is 5.03. The highest BCUT2D eigenvalue weighted by Gasteiger charge is 2.29. The van der Waals surface area contributed by atoms with Gasteiger partial charge in [-0.25, -0.2) is 0 Å². The van der Waals surface area contributed by atoms with Crippen LogP contribution in [0.5, 0.6) is 0 Å². The summed E-state index contributed by atoms with van der Waals surface area (Å²) < 4.78 is 5.03. The Balaban J connectivity index is 2.08. The highest BCUT2D eigenvalue weighted by atomic mass is 16.5. The second kappa shape index (κ2) is 6.89. The molecule has 0 N–H and O–H groups in total. The van der Waals surface area contributed by atoms with Crippen LogP contribution in [0.15, 0.2) is 24.3 Å². The molecule has 0 radical (unpaired) electrons. The van der Waals surface area contributed by atoms with E-state index in [0.29, 0.717) is 30.8 Å². The molecule has 1 fully saturated rings. The number of nitrogens with zero attached hydrogens (tertiary/aromatic N) is 2. The highest BCUT2D eigenvalue weighted by Crippen LogP contribution is 2.20. The minimum Gasteiger partial charge on any atom is -0.466 e. The molecule has 1 heterocycles. The topological polar surface area (TPSA) is 70.4 Å². The lowest BCUT2D eigenvalue weighted by Gasteiger charge is -2.31. The lowest BCUT2D eigenvalue weighted by atomic mass is 9.97. The summed E-state index contributed by atoms with van der Waals surface area (Å²) in [6.45, 7) is 3.14. The maximum Gasteiger partial charge on any atom is 0.310 e. The predicted molar refractivity (Wildman–Crippen MR) is 76.4 cm³/mol. The molecule has 0 aromatic heterocycles. The zero-order valence-corrected chi connectivity index (χ0v) is 12.0. The molecule has 2 rings (SSSR count). The van der Waals surface area contributed by atoms with Gasteiger partial charge in [-0.2, -0.15) is 5.26 Å². The number of nitriles is 1. The van der Waals surface area contributed by atoms with Crippen LogP contribution >= 0.6 is 0 Å². The van der Waals surface area contributed by atoms with Gasteiger partial charge in [-0.15, -0.1) is 0 Å². The van der Waals surface area contributed by atoms with Crippen molar-refractivity contribution in [3.63, 3.8) is 0 Å². The monoisotopic (exact) mass is 286 g/mol. The predicted octanol–water partition coefficient (Wildman–Crippen LogP) is 1.97. The van der Waals surface area contributed by atoms with Gasteiger partial charge in [0.25, 0.3) is 5.91 Å². The van der Waals surface area contributed by atoms with Crippen LogP contribution in [0.2, 0.25) is 0 Å². The molecule has 0 aliphatic carbocycles. The van der Waals surface area contributed by atoms with E-state index in [1.807, 2.05) is 6.07 Å². The van der Waals surface area contributed by atoms with Crippen LogP contribution in [-0.4, -0.2) is 36.5 Å². The molecule has 0 spiro atoms. The van der Waals surface area contributed by atoms with Crippen molar-refractivity contribution in [1.82, 2.24) is 4.90 Å². The van der Waals surface area contributed by atoms with E-state index >= 15 is 0 Å². The van der Waals surface area contributed by atoms with Gasteiger partial charge in [-0.3, -0.25) is 9.59 Å². The summed E-state index contributed by atoms with van der Waals surface area (Å²) in [4.78, 5) is 25.9. The van der Waals surface area contributed by atoms with Crippen LogP contribution in [0.25, 0.3) is 0 Å². The fourth-order valence-corrected chi connectivity index (χ4v) is 2.52. The van der Waals surface area contributed by atoms with Crippen molar-refractivity contribution in [1.29, 1.82) is 5.26 Å². The second-order valence-corrected chi connectivity index (χ2v) is 5.03. The van der Waals surface area contributed by atoms with Gasteiger partial charge in [0.05, 0.1) is 24.2 Å². The zero-order chi connectivity index (χ0) is 15.2. The fourth-order valence-electron chi connectivity index (χ4n) is 2.52. The van der Waals surface area contributed by atoms with Gasteiger partial charge in [-0.1, -0.05) is 6.07 Å². The minimum absolute atomic E-state index is 0.138. The molecule has 1 atom stereocenters. The quantitative estimate of drug-likeness (QED) is 0.797. The van der Waals surface area contributed by atoms with Gasteiger partial charge in [0.2, 0.25) is 0 Å². The third-order valence-electron chi connectivity index (χ3n) is 3.57. The van der Waals surface area contributed by atoms with Crippen molar-refractivity contribution in [2.45, 2.75) is 19.8 Å². The van der Waals surface area contributed by atoms with E-state index in [2.05, 4.69) is 0 Å². The summed E-state index contributed by atoms with van der Waals surface area (Å²) in [6.07, 6.45) is 1.54. The van der Waals surface area contributed by atoms with Crippen LogP contribution in [0.1, 0.15) is 35.7 Å². The third-order valence-corrected chi connectivity index (χ3v) is 3.57. The first-order chi connectivity index (χ1) is 10.2. The van der Waals surface area contributed by atoms with Gasteiger partial charge in [0, 0.05) is 18.7 Å². The van der Waals surface area contributed by atoms with E-state index in [4.69, 9.17) is 10.00 Å². The zero-order valence-electron chi connectivity index (χ0n) is 12.0. The number of ether oxygens (including phenoxy) is 1. The highest BCUT2D eigenvalue weighted by molar-refractivity contribution is 5.95. The number of rotatable bonds is 3. The molecule has 110 valence electrons. The van der Waals surface area contributed by atoms with Gasteiger partial charge >= 0.3 is 5.97 Å². The lowest BCUT2D eigenvalue weighted by molar-refractivity contribution is -0.149. The molecular weight excluding hydrogens is 268 g/mol. The Morgan fingerprint density at radius 2 is 2.29 bits per heavy atom. The van der Waals surface area contributed by atoms with E-state index in [1.54, 1.807) is 36.1 Å². The summed E-state index contributed by atoms with van der Waals surface area (Å²) in [5.74, 6) is -0.622. The van der Waals surface area contributed by atoms with Crippen LogP contribution in [0, 0.1) is 17.2 Å². The maximum atomic E-state index is 12.5. The first-order valence-electron chi connectivity index (χ1n) is 7.11. The van der Waals surface area contributed by atoms with Crippen molar-refractivity contribution in [2.24, 2.45) is 5.92 Å². The molecule has 1 aromatic carbocycles. The Morgan fingerprint density at radius 1 is 1.48 bits per heavy atom. The molecule has 1 saturated heterocycles. The average molecular weight is 286 g/mol. The molecule has 0 bridgehead atoms. The number of benzene rings is 1. The van der Waals surface area contributed by atoms with E-state index in [9.17, 15) is 9.59 Å². The largest absolute Gasteiger partial charge is 0.466 e. The van der Waals surface area contributed by atoms with Crippen molar-refractivity contribution in [2.75, 3.05) is 19.7 Å². The number of likely N-dealkylation sites (tertiary alicyclic amines) is 1. The molecule has 5 nitrogen and oxygen atoms in total. The summed E-state index contributed by atoms with van der Waals surface area (Å²) in [5, 5.41) is 8.89. The molecule has 1 amide bonds. The van der Waals surface area contributed by atoms with Gasteiger partial charge in [0.1, 0.15) is 0 Å². The van der Waals surface area contributed by atoms with Gasteiger partial charge in [-0.05, 0) is 38.0 Å². The number of esters is 1. The van der Waals surface area contributed by atoms with Gasteiger partial charge < -0.3 is 9.64 Å². The smallest absolute Gasteiger partial charge is 0.310 e. The first-order valence-corrected chi connectivity index (χ1v) is 7.11. The number of hydrogen-bond acceptors (Lipinski definition) is 4. The van der Waals surface area contributed by atoms with Crippen molar-refractivity contribution in [3.8, 4) is 6.07 Å². The molecule has 0 unspecified atom stereocenters. The van der Waals surface area contributed by atoms with Gasteiger partial charge in [0.15, 0.2) is 0 Å².